The fourth-order valence-corrected chi connectivity index (χ4v) is 2.25. The van der Waals surface area contributed by atoms with Crippen LogP contribution in [0.3, 0.4) is 0 Å². The van der Waals surface area contributed by atoms with E-state index in [0.717, 1.165) is 10.6 Å². The van der Waals surface area contributed by atoms with Gasteiger partial charge in [0.15, 0.2) is 6.23 Å². The number of phosphoric ester groups is 1. The number of hydrogen-bond donors (Lipinski definition) is 5. The van der Waals surface area contributed by atoms with Gasteiger partial charge in [-0.1, -0.05) is 0 Å². The van der Waals surface area contributed by atoms with Gasteiger partial charge in [-0.25, -0.2) is 4.57 Å². The largest absolute Gasteiger partial charge is 0.469 e. The highest BCUT2D eigenvalue weighted by Crippen LogP contribution is 2.38. The van der Waals surface area contributed by atoms with Gasteiger partial charge in [-0.05, 0) is 0 Å². The Morgan fingerprint density at radius 3 is 2.67 bits per heavy atom. The maximum absolute atomic E-state index is 11.0. The molecule has 4 unspecified atom stereocenters. The lowest BCUT2D eigenvalue weighted by Crippen LogP contribution is -2.34. The molecule has 0 bridgehead atoms. The molecule has 0 aliphatic carbocycles. The van der Waals surface area contributed by atoms with E-state index in [4.69, 9.17) is 20.3 Å². The first-order valence-corrected chi connectivity index (χ1v) is 7.28. The number of aromatic nitrogens is 2. The van der Waals surface area contributed by atoms with Crippen LogP contribution in [0, 0.1) is 0 Å². The predicted octanol–water partition coefficient (Wildman–Crippen LogP) is -2.45. The Morgan fingerprint density at radius 2 is 2.10 bits per heavy atom. The molecular formula is C9H14N3O8P. The molecule has 2 heterocycles. The molecular weight excluding hydrogens is 309 g/mol. The molecule has 6 N–H and O–H groups in total. The second-order valence-corrected chi connectivity index (χ2v) is 5.60. The lowest BCUT2D eigenvalue weighted by Gasteiger charge is -2.19. The normalized spacial score (nSPS) is 29.7. The topological polar surface area (TPSA) is 177 Å². The van der Waals surface area contributed by atoms with Crippen LogP contribution in [-0.2, 0) is 13.8 Å². The van der Waals surface area contributed by atoms with Crippen molar-refractivity contribution in [3.63, 3.8) is 0 Å². The smallest absolute Gasteiger partial charge is 0.387 e. The molecule has 0 spiro atoms. The standard InChI is InChI=1S/C9H14N3O8P/c10-9-11-5(13)1-2-12(9)8-7(15)6(14)4(20-8)3-19-21(16,17)18/h1-2,4,6-8,14-15H,3H2,(H2,10,11,13)(H2,16,17,18). The summed E-state index contributed by atoms with van der Waals surface area (Å²) in [4.78, 5) is 31.7. The third-order valence-electron chi connectivity index (χ3n) is 2.89. The van der Waals surface area contributed by atoms with Crippen molar-refractivity contribution in [2.24, 2.45) is 0 Å². The number of rotatable bonds is 4. The molecule has 21 heavy (non-hydrogen) atoms. The maximum atomic E-state index is 11.0. The lowest BCUT2D eigenvalue weighted by atomic mass is 10.1. The van der Waals surface area contributed by atoms with Crippen molar-refractivity contribution in [1.29, 1.82) is 0 Å². The van der Waals surface area contributed by atoms with Gasteiger partial charge in [-0.3, -0.25) is 13.9 Å². The van der Waals surface area contributed by atoms with Gasteiger partial charge >= 0.3 is 7.82 Å². The molecule has 12 heteroatoms. The first-order valence-electron chi connectivity index (χ1n) is 5.75. The highest BCUT2D eigenvalue weighted by molar-refractivity contribution is 7.46. The highest BCUT2D eigenvalue weighted by Gasteiger charge is 2.44. The summed E-state index contributed by atoms with van der Waals surface area (Å²) in [5.41, 5.74) is 4.94. The molecule has 0 amide bonds. The minimum Gasteiger partial charge on any atom is -0.387 e. The SMILES string of the molecule is Nc1nc(=O)ccn1C1OC(COP(=O)(O)O)C(O)C1O. The van der Waals surface area contributed by atoms with Crippen molar-refractivity contribution >= 4 is 13.8 Å². The van der Waals surface area contributed by atoms with Crippen LogP contribution in [0.15, 0.2) is 17.1 Å². The van der Waals surface area contributed by atoms with Crippen molar-refractivity contribution in [2.75, 3.05) is 12.3 Å². The number of hydrogen-bond acceptors (Lipinski definition) is 8. The molecule has 4 atom stereocenters. The minimum atomic E-state index is -4.73. The van der Waals surface area contributed by atoms with E-state index >= 15 is 0 Å². The van der Waals surface area contributed by atoms with E-state index < -0.39 is 44.5 Å². The molecule has 1 fully saturated rings. The number of aliphatic hydroxyl groups excluding tert-OH is 2. The van der Waals surface area contributed by atoms with Gasteiger partial charge in [-0.2, -0.15) is 4.98 Å². The van der Waals surface area contributed by atoms with Crippen LogP contribution in [0.4, 0.5) is 5.95 Å². The number of nitrogens with two attached hydrogens (primary N) is 1. The van der Waals surface area contributed by atoms with Crippen LogP contribution in [0.2, 0.25) is 0 Å². The second kappa shape index (κ2) is 5.81. The number of nitrogens with zero attached hydrogens (tertiary/aromatic N) is 2. The molecule has 1 aromatic heterocycles. The highest BCUT2D eigenvalue weighted by atomic mass is 31.2. The Labute approximate surface area is 117 Å². The van der Waals surface area contributed by atoms with E-state index in [0.29, 0.717) is 0 Å². The first-order chi connectivity index (χ1) is 9.69. The Bertz CT molecular complexity index is 615. The van der Waals surface area contributed by atoms with E-state index in [1.54, 1.807) is 0 Å². The summed E-state index contributed by atoms with van der Waals surface area (Å²) >= 11 is 0. The van der Waals surface area contributed by atoms with Crippen LogP contribution in [0.1, 0.15) is 6.23 Å². The fourth-order valence-electron chi connectivity index (χ4n) is 1.91. The summed E-state index contributed by atoms with van der Waals surface area (Å²) in [5.74, 6) is -0.240. The molecule has 1 saturated heterocycles. The zero-order valence-electron chi connectivity index (χ0n) is 10.5. The van der Waals surface area contributed by atoms with E-state index in [1.165, 1.54) is 6.20 Å². The Hall–Kier alpha value is -1.33. The molecule has 118 valence electrons. The summed E-state index contributed by atoms with van der Waals surface area (Å²) in [5, 5.41) is 19.7. The zero-order chi connectivity index (χ0) is 15.8. The lowest BCUT2D eigenvalue weighted by molar-refractivity contribution is -0.0515. The van der Waals surface area contributed by atoms with Crippen LogP contribution in [-0.4, -0.2) is 54.5 Å². The van der Waals surface area contributed by atoms with Gasteiger partial charge in [0.2, 0.25) is 5.95 Å². The van der Waals surface area contributed by atoms with Crippen molar-refractivity contribution < 1.29 is 33.8 Å². The Morgan fingerprint density at radius 1 is 1.43 bits per heavy atom. The van der Waals surface area contributed by atoms with Gasteiger partial charge in [0.05, 0.1) is 6.61 Å². The second-order valence-electron chi connectivity index (χ2n) is 4.36. The van der Waals surface area contributed by atoms with Crippen molar-refractivity contribution in [1.82, 2.24) is 9.55 Å². The maximum Gasteiger partial charge on any atom is 0.469 e. The third-order valence-corrected chi connectivity index (χ3v) is 3.37. The quantitative estimate of drug-likeness (QED) is 0.374. The number of nitrogen functional groups attached to an aromatic ring is 1. The van der Waals surface area contributed by atoms with E-state index in [1.807, 2.05) is 0 Å². The van der Waals surface area contributed by atoms with Gasteiger partial charge in [0, 0.05) is 12.3 Å². The van der Waals surface area contributed by atoms with Crippen molar-refractivity contribution in [2.45, 2.75) is 24.5 Å². The molecule has 0 aromatic carbocycles. The van der Waals surface area contributed by atoms with E-state index in [-0.39, 0.29) is 5.95 Å². The van der Waals surface area contributed by atoms with E-state index in [9.17, 15) is 19.6 Å². The number of ether oxygens (including phenoxy) is 1. The van der Waals surface area contributed by atoms with E-state index in [2.05, 4.69) is 9.51 Å². The molecule has 1 aromatic rings. The van der Waals surface area contributed by atoms with Crippen molar-refractivity contribution in [3.05, 3.63) is 22.6 Å². The van der Waals surface area contributed by atoms with Crippen LogP contribution in [0.5, 0.6) is 0 Å². The van der Waals surface area contributed by atoms with Crippen LogP contribution in [0.25, 0.3) is 0 Å². The average Bonchev–Trinajstić information content (AvgIpc) is 2.64. The number of phosphoric acid groups is 1. The molecule has 1 aliphatic rings. The van der Waals surface area contributed by atoms with Crippen molar-refractivity contribution in [3.8, 4) is 0 Å². The summed E-state index contributed by atoms with van der Waals surface area (Å²) < 4.78 is 21.2. The van der Waals surface area contributed by atoms with Gasteiger partial charge in [0.25, 0.3) is 5.56 Å². The average molecular weight is 323 g/mol. The predicted molar refractivity (Wildman–Crippen MR) is 66.8 cm³/mol. The molecule has 2 rings (SSSR count). The van der Waals surface area contributed by atoms with Gasteiger partial charge < -0.3 is 30.5 Å². The zero-order valence-corrected chi connectivity index (χ0v) is 11.4. The summed E-state index contributed by atoms with van der Waals surface area (Å²) in [6.07, 6.45) is -4.03. The molecule has 1 aliphatic heterocycles. The summed E-state index contributed by atoms with van der Waals surface area (Å²) in [6, 6.07) is 1.08. The monoisotopic (exact) mass is 323 g/mol. The summed E-state index contributed by atoms with van der Waals surface area (Å²) in [6.45, 7) is -0.632. The van der Waals surface area contributed by atoms with Crippen LogP contribution < -0.4 is 11.3 Å². The summed E-state index contributed by atoms with van der Waals surface area (Å²) in [7, 11) is -4.73. The molecule has 0 saturated carbocycles. The van der Waals surface area contributed by atoms with Crippen LogP contribution >= 0.6 is 7.82 Å². The Balaban J connectivity index is 2.16. The molecule has 0 radical (unpaired) electrons. The number of anilines is 1. The first kappa shape index (κ1) is 16.0. The molecule has 11 nitrogen and oxygen atoms in total. The number of aliphatic hydroxyl groups is 2. The minimum absolute atomic E-state index is 0.240. The van der Waals surface area contributed by atoms with Gasteiger partial charge in [-0.15, -0.1) is 0 Å². The fraction of sp³-hybridized carbons (Fsp3) is 0.556. The van der Waals surface area contributed by atoms with Gasteiger partial charge in [0.1, 0.15) is 18.3 Å². The Kier molecular flexibility index (Phi) is 4.44. The third kappa shape index (κ3) is 3.66.